The summed E-state index contributed by atoms with van der Waals surface area (Å²) < 4.78 is 51.0. The first-order valence-electron chi connectivity index (χ1n) is 7.16. The molecule has 0 radical (unpaired) electrons. The standard InChI is InChI=1S/C15H20F4N2/c16-13-5-3-11(4-6-13)14(20)7-9-21-8-1-2-12(10-21)15(17,18)19/h3-6,12,14H,1-2,7-10,20H2. The van der Waals surface area contributed by atoms with Gasteiger partial charge in [-0.25, -0.2) is 4.39 Å². The summed E-state index contributed by atoms with van der Waals surface area (Å²) >= 11 is 0. The third-order valence-electron chi connectivity index (χ3n) is 4.02. The number of likely N-dealkylation sites (tertiary alicyclic amines) is 1. The minimum absolute atomic E-state index is 0.0552. The van der Waals surface area contributed by atoms with E-state index in [1.807, 2.05) is 4.90 Å². The number of halogens is 4. The largest absolute Gasteiger partial charge is 0.393 e. The van der Waals surface area contributed by atoms with Crippen LogP contribution in [0.2, 0.25) is 0 Å². The van der Waals surface area contributed by atoms with Gasteiger partial charge in [0.25, 0.3) is 0 Å². The van der Waals surface area contributed by atoms with Crippen LogP contribution in [0.25, 0.3) is 0 Å². The van der Waals surface area contributed by atoms with Gasteiger partial charge in [-0.15, -0.1) is 0 Å². The number of nitrogens with two attached hydrogens (primary N) is 1. The first kappa shape index (κ1) is 16.2. The maximum absolute atomic E-state index is 12.8. The fraction of sp³-hybridized carbons (Fsp3) is 0.600. The monoisotopic (exact) mass is 304 g/mol. The Morgan fingerprint density at radius 2 is 1.90 bits per heavy atom. The Balaban J connectivity index is 1.83. The van der Waals surface area contributed by atoms with Crippen LogP contribution in [0, 0.1) is 11.7 Å². The minimum atomic E-state index is -4.11. The number of rotatable bonds is 4. The molecule has 2 nitrogen and oxygen atoms in total. The Labute approximate surface area is 121 Å². The van der Waals surface area contributed by atoms with E-state index in [2.05, 4.69) is 0 Å². The fourth-order valence-electron chi connectivity index (χ4n) is 2.72. The summed E-state index contributed by atoms with van der Waals surface area (Å²) in [5, 5.41) is 0. The molecular weight excluding hydrogens is 284 g/mol. The first-order chi connectivity index (χ1) is 9.86. The lowest BCUT2D eigenvalue weighted by molar-refractivity contribution is -0.186. The molecule has 1 aromatic rings. The van der Waals surface area contributed by atoms with Crippen LogP contribution in [0.3, 0.4) is 0 Å². The van der Waals surface area contributed by atoms with Gasteiger partial charge in [0.1, 0.15) is 5.82 Å². The van der Waals surface area contributed by atoms with Gasteiger partial charge < -0.3 is 10.6 Å². The van der Waals surface area contributed by atoms with Crippen molar-refractivity contribution in [3.8, 4) is 0 Å². The quantitative estimate of drug-likeness (QED) is 0.863. The van der Waals surface area contributed by atoms with Crippen molar-refractivity contribution >= 4 is 0 Å². The van der Waals surface area contributed by atoms with Crippen LogP contribution in [0.1, 0.15) is 30.9 Å². The van der Waals surface area contributed by atoms with Gasteiger partial charge in [-0.05, 0) is 50.0 Å². The van der Waals surface area contributed by atoms with Gasteiger partial charge >= 0.3 is 6.18 Å². The van der Waals surface area contributed by atoms with Crippen molar-refractivity contribution in [2.24, 2.45) is 11.7 Å². The van der Waals surface area contributed by atoms with Crippen LogP contribution in [0.15, 0.2) is 24.3 Å². The third-order valence-corrected chi connectivity index (χ3v) is 4.02. The van der Waals surface area contributed by atoms with Crippen molar-refractivity contribution in [2.75, 3.05) is 19.6 Å². The van der Waals surface area contributed by atoms with E-state index in [-0.39, 0.29) is 24.8 Å². The number of alkyl halides is 3. The van der Waals surface area contributed by atoms with Crippen molar-refractivity contribution in [3.63, 3.8) is 0 Å². The Hall–Kier alpha value is -1.14. The van der Waals surface area contributed by atoms with Gasteiger partial charge in [-0.2, -0.15) is 13.2 Å². The van der Waals surface area contributed by atoms with Crippen molar-refractivity contribution in [2.45, 2.75) is 31.5 Å². The van der Waals surface area contributed by atoms with Crippen molar-refractivity contribution in [1.29, 1.82) is 0 Å². The van der Waals surface area contributed by atoms with Crippen LogP contribution in [0.4, 0.5) is 17.6 Å². The maximum atomic E-state index is 12.8. The van der Waals surface area contributed by atoms with E-state index in [4.69, 9.17) is 5.73 Å². The lowest BCUT2D eigenvalue weighted by Crippen LogP contribution is -2.42. The Bertz CT molecular complexity index is 444. The van der Waals surface area contributed by atoms with E-state index in [9.17, 15) is 17.6 Å². The van der Waals surface area contributed by atoms with Crippen molar-refractivity contribution in [1.82, 2.24) is 4.90 Å². The second kappa shape index (κ2) is 6.75. The lowest BCUT2D eigenvalue weighted by atomic mass is 9.96. The Kier molecular flexibility index (Phi) is 5.22. The molecule has 21 heavy (non-hydrogen) atoms. The zero-order valence-corrected chi connectivity index (χ0v) is 11.7. The zero-order valence-electron chi connectivity index (χ0n) is 11.7. The first-order valence-corrected chi connectivity index (χ1v) is 7.16. The molecular formula is C15H20F4N2. The predicted octanol–water partition coefficient (Wildman–Crippen LogP) is 3.49. The number of hydrogen-bond acceptors (Lipinski definition) is 2. The lowest BCUT2D eigenvalue weighted by Gasteiger charge is -2.34. The molecule has 1 aliphatic rings. The zero-order chi connectivity index (χ0) is 15.5. The minimum Gasteiger partial charge on any atom is -0.324 e. The molecule has 6 heteroatoms. The summed E-state index contributed by atoms with van der Waals surface area (Å²) in [6.45, 7) is 1.27. The van der Waals surface area contributed by atoms with E-state index < -0.39 is 12.1 Å². The predicted molar refractivity (Wildman–Crippen MR) is 73.2 cm³/mol. The maximum Gasteiger partial charge on any atom is 0.393 e. The van der Waals surface area contributed by atoms with Gasteiger partial charge in [0, 0.05) is 12.6 Å². The van der Waals surface area contributed by atoms with Crippen molar-refractivity contribution in [3.05, 3.63) is 35.6 Å². The Morgan fingerprint density at radius 3 is 2.52 bits per heavy atom. The summed E-state index contributed by atoms with van der Waals surface area (Å²) in [4.78, 5) is 1.82. The summed E-state index contributed by atoms with van der Waals surface area (Å²) in [5.74, 6) is -1.55. The van der Waals surface area contributed by atoms with Crippen LogP contribution in [-0.2, 0) is 0 Å². The van der Waals surface area contributed by atoms with E-state index in [1.54, 1.807) is 12.1 Å². The van der Waals surface area contributed by atoms with Gasteiger partial charge in [-0.1, -0.05) is 12.1 Å². The van der Waals surface area contributed by atoms with Crippen LogP contribution < -0.4 is 5.73 Å². The summed E-state index contributed by atoms with van der Waals surface area (Å²) in [5.41, 5.74) is 6.82. The van der Waals surface area contributed by atoms with Crippen LogP contribution in [-0.4, -0.2) is 30.7 Å². The molecule has 1 heterocycles. The van der Waals surface area contributed by atoms with Gasteiger partial charge in [-0.3, -0.25) is 0 Å². The number of piperidine rings is 1. The van der Waals surface area contributed by atoms with Gasteiger partial charge in [0.15, 0.2) is 0 Å². The number of nitrogens with zero attached hydrogens (tertiary/aromatic N) is 1. The van der Waals surface area contributed by atoms with E-state index in [1.165, 1.54) is 12.1 Å². The number of hydrogen-bond donors (Lipinski definition) is 1. The molecule has 2 N–H and O–H groups in total. The molecule has 118 valence electrons. The molecule has 1 aromatic carbocycles. The van der Waals surface area contributed by atoms with Crippen molar-refractivity contribution < 1.29 is 17.6 Å². The highest BCUT2D eigenvalue weighted by molar-refractivity contribution is 5.19. The molecule has 0 aliphatic carbocycles. The molecule has 2 rings (SSSR count). The molecule has 0 bridgehead atoms. The van der Waals surface area contributed by atoms with E-state index >= 15 is 0 Å². The average molecular weight is 304 g/mol. The molecule has 1 aliphatic heterocycles. The molecule has 2 unspecified atom stereocenters. The molecule has 2 atom stereocenters. The number of benzene rings is 1. The summed E-state index contributed by atoms with van der Waals surface area (Å²) in [6, 6.07) is 5.64. The molecule has 1 fully saturated rings. The second-order valence-electron chi connectivity index (χ2n) is 5.63. The normalized spacial score (nSPS) is 22.2. The SMILES string of the molecule is NC(CCN1CCCC(C(F)(F)F)C1)c1ccc(F)cc1. The fourth-order valence-corrected chi connectivity index (χ4v) is 2.72. The highest BCUT2D eigenvalue weighted by atomic mass is 19.4. The smallest absolute Gasteiger partial charge is 0.324 e. The molecule has 0 spiro atoms. The highest BCUT2D eigenvalue weighted by Gasteiger charge is 2.41. The molecule has 0 amide bonds. The topological polar surface area (TPSA) is 29.3 Å². The summed E-state index contributed by atoms with van der Waals surface area (Å²) in [7, 11) is 0. The van der Waals surface area contributed by atoms with E-state index in [0.29, 0.717) is 25.9 Å². The van der Waals surface area contributed by atoms with E-state index in [0.717, 1.165) is 5.56 Å². The third kappa shape index (κ3) is 4.68. The van der Waals surface area contributed by atoms with Gasteiger partial charge in [0.05, 0.1) is 5.92 Å². The van der Waals surface area contributed by atoms with Gasteiger partial charge in [0.2, 0.25) is 0 Å². The molecule has 1 saturated heterocycles. The average Bonchev–Trinajstić information content (AvgIpc) is 2.45. The second-order valence-corrected chi connectivity index (χ2v) is 5.63. The van der Waals surface area contributed by atoms with Crippen LogP contribution >= 0.6 is 0 Å². The Morgan fingerprint density at radius 1 is 1.24 bits per heavy atom. The summed E-state index contributed by atoms with van der Waals surface area (Å²) in [6.07, 6.45) is -2.77. The molecule has 0 aromatic heterocycles. The van der Waals surface area contributed by atoms with Crippen LogP contribution in [0.5, 0.6) is 0 Å². The molecule has 0 saturated carbocycles. The highest BCUT2D eigenvalue weighted by Crippen LogP contribution is 2.33.